The summed E-state index contributed by atoms with van der Waals surface area (Å²) in [7, 11) is 0. The van der Waals surface area contributed by atoms with Crippen LogP contribution >= 0.6 is 0 Å². The Morgan fingerprint density at radius 3 is 2.20 bits per heavy atom. The third-order valence-electron chi connectivity index (χ3n) is 2.94. The number of carboxylic acids is 1. The van der Waals surface area contributed by atoms with Gasteiger partial charge in [0.25, 0.3) is 0 Å². The van der Waals surface area contributed by atoms with Gasteiger partial charge < -0.3 is 20.8 Å². The van der Waals surface area contributed by atoms with E-state index in [4.69, 9.17) is 5.11 Å². The molecule has 0 aliphatic heterocycles. The number of carbonyl (C=O) groups is 2. The van der Waals surface area contributed by atoms with Gasteiger partial charge in [0, 0.05) is 6.54 Å². The molecule has 1 unspecified atom stereocenters. The van der Waals surface area contributed by atoms with E-state index in [0.717, 1.165) is 18.9 Å². The molecule has 2 amide bonds. The SMILES string of the molecule is CCc1ccc(CNC(=O)NCC(C)(O)C(=O)O)cc1. The summed E-state index contributed by atoms with van der Waals surface area (Å²) in [5, 5.41) is 23.0. The standard InChI is InChI=1S/C14H20N2O4/c1-3-10-4-6-11(7-5-10)8-15-13(19)16-9-14(2,20)12(17)18/h4-7,20H,3,8-9H2,1-2H3,(H,17,18)(H2,15,16,19). The summed E-state index contributed by atoms with van der Waals surface area (Å²) < 4.78 is 0. The Labute approximate surface area is 117 Å². The van der Waals surface area contributed by atoms with Crippen molar-refractivity contribution in [3.8, 4) is 0 Å². The Balaban J connectivity index is 2.38. The van der Waals surface area contributed by atoms with Gasteiger partial charge in [-0.2, -0.15) is 0 Å². The van der Waals surface area contributed by atoms with Crippen LogP contribution in [0.1, 0.15) is 25.0 Å². The highest BCUT2D eigenvalue weighted by atomic mass is 16.4. The molecule has 1 aromatic carbocycles. The fourth-order valence-corrected chi connectivity index (χ4v) is 1.47. The number of aliphatic hydroxyl groups is 1. The summed E-state index contributed by atoms with van der Waals surface area (Å²) in [4.78, 5) is 22.1. The summed E-state index contributed by atoms with van der Waals surface area (Å²) in [5.41, 5.74) is 0.193. The number of amides is 2. The molecule has 0 saturated carbocycles. The summed E-state index contributed by atoms with van der Waals surface area (Å²) in [6, 6.07) is 7.30. The molecule has 0 radical (unpaired) electrons. The van der Waals surface area contributed by atoms with E-state index in [-0.39, 0.29) is 6.54 Å². The number of aryl methyl sites for hydroxylation is 1. The van der Waals surface area contributed by atoms with Crippen molar-refractivity contribution >= 4 is 12.0 Å². The molecule has 1 aromatic rings. The van der Waals surface area contributed by atoms with Crippen molar-refractivity contribution in [2.75, 3.05) is 6.54 Å². The minimum Gasteiger partial charge on any atom is -0.479 e. The van der Waals surface area contributed by atoms with Crippen LogP contribution in [-0.4, -0.2) is 34.4 Å². The highest BCUT2D eigenvalue weighted by molar-refractivity contribution is 5.79. The highest BCUT2D eigenvalue weighted by Crippen LogP contribution is 2.04. The minimum atomic E-state index is -1.97. The minimum absolute atomic E-state index is 0.338. The van der Waals surface area contributed by atoms with Gasteiger partial charge in [-0.3, -0.25) is 0 Å². The first kappa shape index (κ1) is 16.0. The van der Waals surface area contributed by atoms with Crippen LogP contribution in [0, 0.1) is 0 Å². The summed E-state index contributed by atoms with van der Waals surface area (Å²) >= 11 is 0. The van der Waals surface area contributed by atoms with Gasteiger partial charge in [-0.25, -0.2) is 9.59 Å². The van der Waals surface area contributed by atoms with Gasteiger partial charge >= 0.3 is 12.0 Å². The van der Waals surface area contributed by atoms with Crippen molar-refractivity contribution in [1.29, 1.82) is 0 Å². The molecule has 110 valence electrons. The number of nitrogens with one attached hydrogen (secondary N) is 2. The van der Waals surface area contributed by atoms with E-state index in [1.807, 2.05) is 24.3 Å². The molecule has 6 nitrogen and oxygen atoms in total. The first-order valence-electron chi connectivity index (χ1n) is 6.40. The number of carboxylic acid groups (broad SMARTS) is 1. The molecular formula is C14H20N2O4. The molecule has 0 aliphatic rings. The number of hydrogen-bond donors (Lipinski definition) is 4. The molecular weight excluding hydrogens is 260 g/mol. The van der Waals surface area contributed by atoms with E-state index >= 15 is 0 Å². The molecule has 0 heterocycles. The molecule has 20 heavy (non-hydrogen) atoms. The largest absolute Gasteiger partial charge is 0.479 e. The van der Waals surface area contributed by atoms with E-state index in [1.165, 1.54) is 5.56 Å². The Hall–Kier alpha value is -2.08. The Morgan fingerprint density at radius 1 is 1.15 bits per heavy atom. The fourth-order valence-electron chi connectivity index (χ4n) is 1.47. The van der Waals surface area contributed by atoms with Crippen molar-refractivity contribution in [3.63, 3.8) is 0 Å². The number of hydrogen-bond acceptors (Lipinski definition) is 3. The van der Waals surface area contributed by atoms with Crippen LogP contribution in [-0.2, 0) is 17.8 Å². The van der Waals surface area contributed by atoms with Crippen LogP contribution < -0.4 is 10.6 Å². The predicted octanol–water partition coefficient (Wildman–Crippen LogP) is 0.884. The molecule has 0 aromatic heterocycles. The Bertz CT molecular complexity index is 469. The van der Waals surface area contributed by atoms with Crippen molar-refractivity contribution < 1.29 is 19.8 Å². The van der Waals surface area contributed by atoms with Crippen LogP contribution in [0.5, 0.6) is 0 Å². The highest BCUT2D eigenvalue weighted by Gasteiger charge is 2.30. The normalized spacial score (nSPS) is 13.3. The van der Waals surface area contributed by atoms with Gasteiger partial charge in [-0.15, -0.1) is 0 Å². The van der Waals surface area contributed by atoms with E-state index in [9.17, 15) is 14.7 Å². The van der Waals surface area contributed by atoms with Crippen molar-refractivity contribution in [1.82, 2.24) is 10.6 Å². The Kier molecular flexibility index (Phi) is 5.52. The van der Waals surface area contributed by atoms with Crippen LogP contribution in [0.3, 0.4) is 0 Å². The van der Waals surface area contributed by atoms with Crippen molar-refractivity contribution in [3.05, 3.63) is 35.4 Å². The van der Waals surface area contributed by atoms with Crippen LogP contribution in [0.4, 0.5) is 4.79 Å². The lowest BCUT2D eigenvalue weighted by molar-refractivity contribution is -0.155. The molecule has 0 bridgehead atoms. The second-order valence-electron chi connectivity index (χ2n) is 4.79. The molecule has 0 spiro atoms. The lowest BCUT2D eigenvalue weighted by Crippen LogP contribution is -2.48. The van der Waals surface area contributed by atoms with Crippen molar-refractivity contribution in [2.24, 2.45) is 0 Å². The van der Waals surface area contributed by atoms with E-state index in [0.29, 0.717) is 6.54 Å². The zero-order valence-corrected chi connectivity index (χ0v) is 11.6. The lowest BCUT2D eigenvalue weighted by Gasteiger charge is -2.18. The van der Waals surface area contributed by atoms with Gasteiger partial charge in [0.15, 0.2) is 5.60 Å². The third kappa shape index (κ3) is 4.89. The maximum atomic E-state index is 11.5. The quantitative estimate of drug-likeness (QED) is 0.621. The molecule has 1 atom stereocenters. The van der Waals surface area contributed by atoms with E-state index in [2.05, 4.69) is 17.6 Å². The zero-order chi connectivity index (χ0) is 15.2. The second-order valence-corrected chi connectivity index (χ2v) is 4.79. The first-order valence-corrected chi connectivity index (χ1v) is 6.40. The van der Waals surface area contributed by atoms with E-state index < -0.39 is 17.6 Å². The fraction of sp³-hybridized carbons (Fsp3) is 0.429. The van der Waals surface area contributed by atoms with Gasteiger partial charge in [0.2, 0.25) is 0 Å². The average Bonchev–Trinajstić information content (AvgIpc) is 2.43. The van der Waals surface area contributed by atoms with Gasteiger partial charge in [0.05, 0.1) is 6.54 Å². The van der Waals surface area contributed by atoms with Gasteiger partial charge in [-0.05, 0) is 24.5 Å². The summed E-state index contributed by atoms with van der Waals surface area (Å²) in [6.07, 6.45) is 0.957. The topological polar surface area (TPSA) is 98.7 Å². The molecule has 0 fully saturated rings. The maximum absolute atomic E-state index is 11.5. The summed E-state index contributed by atoms with van der Waals surface area (Å²) in [5.74, 6) is -1.38. The lowest BCUT2D eigenvalue weighted by atomic mass is 10.1. The molecule has 4 N–H and O–H groups in total. The smallest absolute Gasteiger partial charge is 0.337 e. The maximum Gasteiger partial charge on any atom is 0.337 e. The summed E-state index contributed by atoms with van der Waals surface area (Å²) in [6.45, 7) is 3.17. The van der Waals surface area contributed by atoms with Crippen molar-refractivity contribution in [2.45, 2.75) is 32.4 Å². The molecule has 1 rings (SSSR count). The zero-order valence-electron chi connectivity index (χ0n) is 11.6. The predicted molar refractivity (Wildman–Crippen MR) is 74.3 cm³/mol. The Morgan fingerprint density at radius 2 is 1.70 bits per heavy atom. The molecule has 0 saturated heterocycles. The van der Waals surface area contributed by atoms with Crippen LogP contribution in [0.15, 0.2) is 24.3 Å². The number of aliphatic carboxylic acids is 1. The monoisotopic (exact) mass is 280 g/mol. The average molecular weight is 280 g/mol. The van der Waals surface area contributed by atoms with E-state index in [1.54, 1.807) is 0 Å². The molecule has 0 aliphatic carbocycles. The van der Waals surface area contributed by atoms with Crippen LogP contribution in [0.25, 0.3) is 0 Å². The number of urea groups is 1. The number of carbonyl (C=O) groups excluding carboxylic acids is 1. The second kappa shape index (κ2) is 6.91. The van der Waals surface area contributed by atoms with Gasteiger partial charge in [-0.1, -0.05) is 31.2 Å². The third-order valence-corrected chi connectivity index (χ3v) is 2.94. The van der Waals surface area contributed by atoms with Gasteiger partial charge in [0.1, 0.15) is 0 Å². The first-order chi connectivity index (χ1) is 9.35. The van der Waals surface area contributed by atoms with Crippen LogP contribution in [0.2, 0.25) is 0 Å². The number of rotatable bonds is 6. The number of benzene rings is 1. The molecule has 6 heteroatoms.